The van der Waals surface area contributed by atoms with Crippen LogP contribution in [-0.2, 0) is 6.54 Å². The normalized spacial score (nSPS) is 14.2. The first-order chi connectivity index (χ1) is 13.4. The minimum absolute atomic E-state index is 0.123. The van der Waals surface area contributed by atoms with Crippen molar-refractivity contribution in [3.8, 4) is 11.3 Å². The van der Waals surface area contributed by atoms with E-state index in [1.165, 1.54) is 23.5 Å². The van der Waals surface area contributed by atoms with Gasteiger partial charge in [0, 0.05) is 21.5 Å². The summed E-state index contributed by atoms with van der Waals surface area (Å²) in [5.74, 6) is 0.0192. The predicted octanol–water partition coefficient (Wildman–Crippen LogP) is 5.78. The highest BCUT2D eigenvalue weighted by Crippen LogP contribution is 2.35. The molecule has 7 heteroatoms. The number of amidine groups is 1. The molecular formula is C21H17BrFN3OS. The molecule has 0 aliphatic carbocycles. The summed E-state index contributed by atoms with van der Waals surface area (Å²) in [5.41, 5.74) is 3.05. The first-order valence-electron chi connectivity index (χ1n) is 8.66. The van der Waals surface area contributed by atoms with Crippen molar-refractivity contribution < 1.29 is 9.50 Å². The van der Waals surface area contributed by atoms with Crippen LogP contribution in [0.25, 0.3) is 16.8 Å². The highest BCUT2D eigenvalue weighted by atomic mass is 79.9. The Labute approximate surface area is 174 Å². The fourth-order valence-corrected chi connectivity index (χ4v) is 4.50. The van der Waals surface area contributed by atoms with Crippen LogP contribution in [-0.4, -0.2) is 27.4 Å². The molecule has 2 heterocycles. The van der Waals surface area contributed by atoms with E-state index in [0.717, 1.165) is 26.2 Å². The molecule has 0 saturated heterocycles. The van der Waals surface area contributed by atoms with Crippen LogP contribution in [0.4, 0.5) is 4.39 Å². The number of benzene rings is 2. The Kier molecular flexibility index (Phi) is 5.03. The van der Waals surface area contributed by atoms with E-state index in [2.05, 4.69) is 15.9 Å². The van der Waals surface area contributed by atoms with Gasteiger partial charge in [-0.25, -0.2) is 9.37 Å². The van der Waals surface area contributed by atoms with Crippen molar-refractivity contribution in [1.82, 2.24) is 9.88 Å². The maximum Gasteiger partial charge on any atom is 0.135 e. The maximum absolute atomic E-state index is 13.4. The van der Waals surface area contributed by atoms with Crippen LogP contribution in [0.1, 0.15) is 15.4 Å². The zero-order chi connectivity index (χ0) is 19.8. The average Bonchev–Trinajstić information content (AvgIpc) is 3.15. The Bertz CT molecular complexity index is 1090. The molecule has 0 fully saturated rings. The van der Waals surface area contributed by atoms with Gasteiger partial charge in [0.2, 0.25) is 0 Å². The first kappa shape index (κ1) is 18.8. The van der Waals surface area contributed by atoms with Crippen molar-refractivity contribution in [2.24, 2.45) is 0 Å². The van der Waals surface area contributed by atoms with Crippen molar-refractivity contribution >= 4 is 38.7 Å². The summed E-state index contributed by atoms with van der Waals surface area (Å²) >= 11 is 4.89. The Balaban J connectivity index is 1.61. The molecule has 2 N–H and O–H groups in total. The number of aromatic nitrogens is 1. The number of aliphatic hydroxyl groups excluding tert-OH is 1. The van der Waals surface area contributed by atoms with Crippen molar-refractivity contribution in [3.63, 3.8) is 0 Å². The quantitative estimate of drug-likeness (QED) is 0.521. The second-order valence-corrected chi connectivity index (χ2v) is 8.71. The number of aliphatic hydroxyl groups is 1. The molecule has 0 atom stereocenters. The molecule has 0 spiro atoms. The smallest absolute Gasteiger partial charge is 0.135 e. The molecule has 1 aliphatic rings. The molecule has 0 unspecified atom stereocenters. The monoisotopic (exact) mass is 457 g/mol. The van der Waals surface area contributed by atoms with E-state index in [1.54, 1.807) is 11.0 Å². The number of hydrogen-bond acceptors (Lipinski definition) is 4. The molecule has 0 saturated carbocycles. The van der Waals surface area contributed by atoms with Crippen LogP contribution in [0.15, 0.2) is 58.8 Å². The van der Waals surface area contributed by atoms with Crippen molar-refractivity contribution in [3.05, 3.63) is 80.0 Å². The van der Waals surface area contributed by atoms with Gasteiger partial charge in [-0.05, 0) is 36.8 Å². The number of nitrogens with one attached hydrogen (secondary N) is 1. The number of hydrogen-bond donors (Lipinski definition) is 2. The summed E-state index contributed by atoms with van der Waals surface area (Å²) in [6, 6.07) is 14.2. The molecule has 4 rings (SSSR count). The van der Waals surface area contributed by atoms with Gasteiger partial charge in [-0.15, -0.1) is 11.3 Å². The van der Waals surface area contributed by atoms with Gasteiger partial charge in [0.05, 0.1) is 17.8 Å². The highest BCUT2D eigenvalue weighted by molar-refractivity contribution is 9.10. The minimum atomic E-state index is -0.310. The zero-order valence-corrected chi connectivity index (χ0v) is 17.4. The minimum Gasteiger partial charge on any atom is -0.510 e. The lowest BCUT2D eigenvalue weighted by Crippen LogP contribution is -2.26. The largest absolute Gasteiger partial charge is 0.510 e. The molecule has 0 amide bonds. The third-order valence-corrected chi connectivity index (χ3v) is 6.09. The van der Waals surface area contributed by atoms with Crippen LogP contribution < -0.4 is 0 Å². The molecular weight excluding hydrogens is 441 g/mol. The van der Waals surface area contributed by atoms with E-state index in [-0.39, 0.29) is 24.0 Å². The molecule has 2 aromatic carbocycles. The van der Waals surface area contributed by atoms with E-state index < -0.39 is 0 Å². The summed E-state index contributed by atoms with van der Waals surface area (Å²) < 4.78 is 14.4. The topological polar surface area (TPSA) is 60.2 Å². The van der Waals surface area contributed by atoms with E-state index in [4.69, 9.17) is 10.4 Å². The third-order valence-electron chi connectivity index (χ3n) is 4.57. The molecule has 0 radical (unpaired) electrons. The Morgan fingerprint density at radius 3 is 2.71 bits per heavy atom. The number of aryl methyl sites for hydroxylation is 1. The summed E-state index contributed by atoms with van der Waals surface area (Å²) in [6.45, 7) is 2.56. The molecule has 3 aromatic rings. The second-order valence-electron chi connectivity index (χ2n) is 6.59. The lowest BCUT2D eigenvalue weighted by atomic mass is 10.1. The first-order valence-corrected chi connectivity index (χ1v) is 10.3. The van der Waals surface area contributed by atoms with Crippen molar-refractivity contribution in [2.75, 3.05) is 6.54 Å². The predicted molar refractivity (Wildman–Crippen MR) is 114 cm³/mol. The van der Waals surface area contributed by atoms with Crippen LogP contribution in [0, 0.1) is 18.2 Å². The Morgan fingerprint density at radius 2 is 2.00 bits per heavy atom. The van der Waals surface area contributed by atoms with E-state index in [1.807, 2.05) is 37.3 Å². The van der Waals surface area contributed by atoms with Gasteiger partial charge in [-0.1, -0.05) is 40.2 Å². The Morgan fingerprint density at radius 1 is 1.25 bits per heavy atom. The third kappa shape index (κ3) is 3.59. The van der Waals surface area contributed by atoms with Crippen LogP contribution in [0.2, 0.25) is 0 Å². The van der Waals surface area contributed by atoms with E-state index in [0.29, 0.717) is 17.1 Å². The molecule has 0 bridgehead atoms. The number of nitrogens with zero attached hydrogens (tertiary/aromatic N) is 2. The number of thiazole rings is 1. The number of halogens is 2. The van der Waals surface area contributed by atoms with Gasteiger partial charge in [-0.3, -0.25) is 5.41 Å². The fourth-order valence-electron chi connectivity index (χ4n) is 3.23. The standard InChI is InChI=1S/C21H17BrFN3OS/c1-12-19(14-5-7-15(22)8-6-14)25-21(28-12)18-17(27)11-26(20(18)24)10-13-3-2-4-16(23)9-13/h2-9,24,27H,10-11H2,1H3. The SMILES string of the molecule is Cc1sc(C2=C(O)CN(Cc3cccc(F)c3)C2=N)nc1-c1ccc(Br)cc1. The summed E-state index contributed by atoms with van der Waals surface area (Å²) in [4.78, 5) is 7.45. The molecule has 1 aromatic heterocycles. The van der Waals surface area contributed by atoms with Gasteiger partial charge in [0.1, 0.15) is 22.4 Å². The second kappa shape index (κ2) is 7.48. The van der Waals surface area contributed by atoms with Crippen LogP contribution in [0.3, 0.4) is 0 Å². The molecule has 28 heavy (non-hydrogen) atoms. The highest BCUT2D eigenvalue weighted by Gasteiger charge is 2.31. The summed E-state index contributed by atoms with van der Waals surface area (Å²) in [7, 11) is 0. The lowest BCUT2D eigenvalue weighted by Gasteiger charge is -2.18. The van der Waals surface area contributed by atoms with Gasteiger partial charge >= 0.3 is 0 Å². The molecule has 1 aliphatic heterocycles. The van der Waals surface area contributed by atoms with Crippen LogP contribution >= 0.6 is 27.3 Å². The van der Waals surface area contributed by atoms with Gasteiger partial charge < -0.3 is 10.0 Å². The van der Waals surface area contributed by atoms with E-state index in [9.17, 15) is 9.50 Å². The summed E-state index contributed by atoms with van der Waals surface area (Å²) in [5, 5.41) is 19.7. The zero-order valence-electron chi connectivity index (χ0n) is 15.0. The Hall–Kier alpha value is -2.51. The molecule has 142 valence electrons. The number of rotatable bonds is 4. The maximum atomic E-state index is 13.4. The van der Waals surface area contributed by atoms with Gasteiger partial charge in [0.25, 0.3) is 0 Å². The van der Waals surface area contributed by atoms with Crippen molar-refractivity contribution in [1.29, 1.82) is 5.41 Å². The average molecular weight is 458 g/mol. The van der Waals surface area contributed by atoms with E-state index >= 15 is 0 Å². The van der Waals surface area contributed by atoms with Crippen LogP contribution in [0.5, 0.6) is 0 Å². The van der Waals surface area contributed by atoms with Gasteiger partial charge in [-0.2, -0.15) is 0 Å². The fraction of sp³-hybridized carbons (Fsp3) is 0.143. The van der Waals surface area contributed by atoms with Crippen molar-refractivity contribution in [2.45, 2.75) is 13.5 Å². The summed E-state index contributed by atoms with van der Waals surface area (Å²) in [6.07, 6.45) is 0. The van der Waals surface area contributed by atoms with Gasteiger partial charge in [0.15, 0.2) is 0 Å². The lowest BCUT2D eigenvalue weighted by molar-refractivity contribution is 0.346. The molecule has 4 nitrogen and oxygen atoms in total.